The number of nitrogens with zero attached hydrogens (tertiary/aromatic N) is 1. The van der Waals surface area contributed by atoms with Crippen molar-refractivity contribution < 1.29 is 14.3 Å². The van der Waals surface area contributed by atoms with Crippen LogP contribution in [0.25, 0.3) is 0 Å². The first-order valence-electron chi connectivity index (χ1n) is 8.33. The monoisotopic (exact) mass is 406 g/mol. The average molecular weight is 407 g/mol. The Morgan fingerprint density at radius 2 is 1.88 bits per heavy atom. The fourth-order valence-electron chi connectivity index (χ4n) is 2.42. The van der Waals surface area contributed by atoms with Gasteiger partial charge in [-0.1, -0.05) is 22.0 Å². The zero-order valence-corrected chi connectivity index (χ0v) is 16.3. The maximum absolute atomic E-state index is 12.4. The number of carbonyl (C=O) groups is 1. The van der Waals surface area contributed by atoms with E-state index in [1.165, 1.54) is 0 Å². The number of hydrogen-bond donors (Lipinski definition) is 1. The van der Waals surface area contributed by atoms with Crippen molar-refractivity contribution in [3.63, 3.8) is 0 Å². The smallest absolute Gasteiger partial charge is 0.224 e. The summed E-state index contributed by atoms with van der Waals surface area (Å²) in [5, 5.41) is 2.97. The van der Waals surface area contributed by atoms with Crippen LogP contribution in [0, 0.1) is 0 Å². The first-order valence-corrected chi connectivity index (χ1v) is 9.12. The van der Waals surface area contributed by atoms with Gasteiger partial charge < -0.3 is 14.8 Å². The first kappa shape index (κ1) is 19.2. The Kier molecular flexibility index (Phi) is 7.25. The van der Waals surface area contributed by atoms with Gasteiger partial charge in [0.25, 0.3) is 0 Å². The third-order valence-electron chi connectivity index (χ3n) is 3.57. The summed E-state index contributed by atoms with van der Waals surface area (Å²) in [5.41, 5.74) is 1.68. The molecule has 5 nitrogen and oxygen atoms in total. The van der Waals surface area contributed by atoms with Gasteiger partial charge in [-0.25, -0.2) is 0 Å². The average Bonchev–Trinajstić information content (AvgIpc) is 2.60. The third kappa shape index (κ3) is 5.46. The zero-order valence-electron chi connectivity index (χ0n) is 14.7. The molecule has 0 aliphatic heterocycles. The van der Waals surface area contributed by atoms with Crippen LogP contribution < -0.4 is 14.8 Å². The number of benzene rings is 1. The molecule has 25 heavy (non-hydrogen) atoms. The number of carbonyl (C=O) groups excluding carboxylic acids is 1. The Bertz CT molecular complexity index is 707. The van der Waals surface area contributed by atoms with E-state index >= 15 is 0 Å². The first-order chi connectivity index (χ1) is 12.0. The van der Waals surface area contributed by atoms with Gasteiger partial charge in [0.2, 0.25) is 5.91 Å². The summed E-state index contributed by atoms with van der Waals surface area (Å²) in [5.74, 6) is 1.24. The fraction of sp³-hybridized carbons (Fsp3) is 0.368. The summed E-state index contributed by atoms with van der Waals surface area (Å²) < 4.78 is 12.0. The van der Waals surface area contributed by atoms with Gasteiger partial charge in [-0.3, -0.25) is 9.78 Å². The molecule has 1 heterocycles. The molecule has 1 unspecified atom stereocenters. The predicted molar refractivity (Wildman–Crippen MR) is 101 cm³/mol. The summed E-state index contributed by atoms with van der Waals surface area (Å²) in [6, 6.07) is 9.20. The summed E-state index contributed by atoms with van der Waals surface area (Å²) in [7, 11) is 0. The fourth-order valence-corrected chi connectivity index (χ4v) is 2.88. The van der Waals surface area contributed by atoms with E-state index in [1.54, 1.807) is 6.20 Å². The lowest BCUT2D eigenvalue weighted by molar-refractivity contribution is -0.121. The van der Waals surface area contributed by atoms with Gasteiger partial charge in [-0.2, -0.15) is 0 Å². The second kappa shape index (κ2) is 9.42. The Morgan fingerprint density at radius 3 is 2.48 bits per heavy atom. The molecule has 1 amide bonds. The molecule has 0 bridgehead atoms. The topological polar surface area (TPSA) is 60.5 Å². The minimum Gasteiger partial charge on any atom is -0.490 e. The van der Waals surface area contributed by atoms with Gasteiger partial charge in [0.1, 0.15) is 0 Å². The van der Waals surface area contributed by atoms with Crippen LogP contribution >= 0.6 is 15.9 Å². The molecule has 1 aromatic heterocycles. The molecule has 0 saturated heterocycles. The van der Waals surface area contributed by atoms with E-state index in [0.29, 0.717) is 24.7 Å². The van der Waals surface area contributed by atoms with Crippen molar-refractivity contribution in [1.82, 2.24) is 10.3 Å². The van der Waals surface area contributed by atoms with Gasteiger partial charge >= 0.3 is 0 Å². The van der Waals surface area contributed by atoms with Crippen molar-refractivity contribution in [2.45, 2.75) is 33.2 Å². The standard InChI is InChI=1S/C19H23BrN2O3/c1-4-24-17-10-14(15(20)12-18(17)25-5-2)11-19(23)22-13(3)16-8-6-7-9-21-16/h6-10,12-13H,4-5,11H2,1-3H3,(H,22,23). The van der Waals surface area contributed by atoms with Crippen molar-refractivity contribution in [2.75, 3.05) is 13.2 Å². The van der Waals surface area contributed by atoms with Gasteiger partial charge in [0.15, 0.2) is 11.5 Å². The molecule has 0 aliphatic rings. The van der Waals surface area contributed by atoms with Crippen LogP contribution in [-0.2, 0) is 11.2 Å². The number of ether oxygens (including phenoxy) is 2. The van der Waals surface area contributed by atoms with Gasteiger partial charge in [0.05, 0.1) is 31.4 Å². The number of nitrogens with one attached hydrogen (secondary N) is 1. The number of rotatable bonds is 8. The lowest BCUT2D eigenvalue weighted by Gasteiger charge is -2.16. The van der Waals surface area contributed by atoms with Crippen LogP contribution in [0.15, 0.2) is 41.0 Å². The highest BCUT2D eigenvalue weighted by molar-refractivity contribution is 9.10. The summed E-state index contributed by atoms with van der Waals surface area (Å²) in [4.78, 5) is 16.7. The quantitative estimate of drug-likeness (QED) is 0.717. The van der Waals surface area contributed by atoms with Crippen LogP contribution in [0.5, 0.6) is 11.5 Å². The number of amides is 1. The van der Waals surface area contributed by atoms with Crippen molar-refractivity contribution in [1.29, 1.82) is 0 Å². The van der Waals surface area contributed by atoms with Crippen LogP contribution in [0.4, 0.5) is 0 Å². The summed E-state index contributed by atoms with van der Waals surface area (Å²) in [6.45, 7) is 6.83. The molecule has 1 atom stereocenters. The molecule has 1 aromatic carbocycles. The lowest BCUT2D eigenvalue weighted by atomic mass is 10.1. The second-order valence-electron chi connectivity index (χ2n) is 5.48. The lowest BCUT2D eigenvalue weighted by Crippen LogP contribution is -2.28. The molecule has 1 N–H and O–H groups in total. The highest BCUT2D eigenvalue weighted by atomic mass is 79.9. The summed E-state index contributed by atoms with van der Waals surface area (Å²) >= 11 is 3.51. The van der Waals surface area contributed by atoms with E-state index in [0.717, 1.165) is 15.7 Å². The Labute approximate surface area is 156 Å². The molecule has 0 radical (unpaired) electrons. The van der Waals surface area contributed by atoms with Gasteiger partial charge in [-0.15, -0.1) is 0 Å². The highest BCUT2D eigenvalue weighted by Crippen LogP contribution is 2.34. The minimum absolute atomic E-state index is 0.0783. The third-order valence-corrected chi connectivity index (χ3v) is 4.31. The molecular formula is C19H23BrN2O3. The predicted octanol–water partition coefficient (Wildman–Crippen LogP) is 4.06. The highest BCUT2D eigenvalue weighted by Gasteiger charge is 2.15. The molecule has 0 fully saturated rings. The SMILES string of the molecule is CCOc1cc(Br)c(CC(=O)NC(C)c2ccccn2)cc1OCC. The maximum Gasteiger partial charge on any atom is 0.224 e. The zero-order chi connectivity index (χ0) is 18.2. The molecular weight excluding hydrogens is 384 g/mol. The van der Waals surface area contributed by atoms with Crippen LogP contribution in [-0.4, -0.2) is 24.1 Å². The van der Waals surface area contributed by atoms with Crippen LogP contribution in [0.3, 0.4) is 0 Å². The van der Waals surface area contributed by atoms with Crippen molar-refractivity contribution in [3.05, 3.63) is 52.3 Å². The Hall–Kier alpha value is -2.08. The van der Waals surface area contributed by atoms with Crippen LogP contribution in [0.2, 0.25) is 0 Å². The van der Waals surface area contributed by atoms with E-state index in [2.05, 4.69) is 26.2 Å². The second-order valence-corrected chi connectivity index (χ2v) is 6.33. The van der Waals surface area contributed by atoms with Crippen LogP contribution in [0.1, 0.15) is 38.1 Å². The Morgan fingerprint density at radius 1 is 1.20 bits per heavy atom. The van der Waals surface area contributed by atoms with Crippen molar-refractivity contribution >= 4 is 21.8 Å². The van der Waals surface area contributed by atoms with E-state index in [-0.39, 0.29) is 18.4 Å². The number of halogens is 1. The maximum atomic E-state index is 12.4. The van der Waals surface area contributed by atoms with E-state index in [4.69, 9.17) is 9.47 Å². The van der Waals surface area contributed by atoms with E-state index < -0.39 is 0 Å². The number of pyridine rings is 1. The van der Waals surface area contributed by atoms with Gasteiger partial charge in [0, 0.05) is 10.7 Å². The molecule has 0 spiro atoms. The minimum atomic E-state index is -0.151. The number of hydrogen-bond acceptors (Lipinski definition) is 4. The molecule has 0 saturated carbocycles. The Balaban J connectivity index is 2.10. The molecule has 6 heteroatoms. The largest absolute Gasteiger partial charge is 0.490 e. The normalized spacial score (nSPS) is 11.7. The summed E-state index contributed by atoms with van der Waals surface area (Å²) in [6.07, 6.45) is 1.96. The number of aromatic nitrogens is 1. The van der Waals surface area contributed by atoms with Gasteiger partial charge in [-0.05, 0) is 50.6 Å². The van der Waals surface area contributed by atoms with Crippen molar-refractivity contribution in [3.8, 4) is 11.5 Å². The molecule has 2 rings (SSSR count). The van der Waals surface area contributed by atoms with E-state index in [9.17, 15) is 4.79 Å². The molecule has 134 valence electrons. The molecule has 2 aromatic rings. The molecule has 0 aliphatic carbocycles. The van der Waals surface area contributed by atoms with E-state index in [1.807, 2.05) is 51.1 Å². The van der Waals surface area contributed by atoms with Crippen molar-refractivity contribution in [2.24, 2.45) is 0 Å².